The van der Waals surface area contributed by atoms with E-state index in [1.54, 1.807) is 39.0 Å². The molecule has 3 aromatic rings. The molecule has 1 aromatic carbocycles. The number of halogens is 2. The van der Waals surface area contributed by atoms with E-state index < -0.39 is 34.2 Å². The molecule has 4 N–H and O–H groups in total. The zero-order valence-corrected chi connectivity index (χ0v) is 19.6. The molecule has 3 heterocycles. The summed E-state index contributed by atoms with van der Waals surface area (Å²) >= 11 is 0. The van der Waals surface area contributed by atoms with E-state index in [1.165, 1.54) is 23.0 Å². The van der Waals surface area contributed by atoms with Crippen molar-refractivity contribution >= 4 is 27.5 Å². The molecule has 1 amide bonds. The summed E-state index contributed by atoms with van der Waals surface area (Å²) in [7, 11) is -2.65. The van der Waals surface area contributed by atoms with Crippen molar-refractivity contribution in [3.8, 4) is 11.4 Å². The fourth-order valence-corrected chi connectivity index (χ4v) is 6.19. The van der Waals surface area contributed by atoms with Crippen LogP contribution in [0.1, 0.15) is 36.8 Å². The van der Waals surface area contributed by atoms with Crippen molar-refractivity contribution in [2.24, 2.45) is 0 Å². The second-order valence-corrected chi connectivity index (χ2v) is 11.6. The monoisotopic (exact) mass is 496 g/mol. The van der Waals surface area contributed by atoms with Crippen molar-refractivity contribution in [2.75, 3.05) is 11.5 Å². The fourth-order valence-electron chi connectivity index (χ4n) is 4.09. The van der Waals surface area contributed by atoms with Crippen molar-refractivity contribution in [1.82, 2.24) is 20.1 Å². The van der Waals surface area contributed by atoms with Gasteiger partial charge in [-0.25, -0.2) is 9.67 Å². The number of hydrogen-bond acceptors (Lipinski definition) is 7. The molecular formula is C22H26F2N4O5S. The van der Waals surface area contributed by atoms with Crippen LogP contribution in [0.5, 0.6) is 5.75 Å². The molecule has 1 fully saturated rings. The zero-order chi connectivity index (χ0) is 24.9. The number of carbonyl (C=O) groups is 1. The summed E-state index contributed by atoms with van der Waals surface area (Å²) in [6.45, 7) is 2.00. The lowest BCUT2D eigenvalue weighted by atomic mass is 10.0. The molecule has 12 heteroatoms. The quantitative estimate of drug-likeness (QED) is 0.393. The van der Waals surface area contributed by atoms with Crippen LogP contribution < -0.4 is 10.1 Å². The van der Waals surface area contributed by atoms with Gasteiger partial charge in [0.1, 0.15) is 5.75 Å². The molecule has 0 atom stereocenters. The molecule has 9 nitrogen and oxygen atoms in total. The third-order valence-corrected chi connectivity index (χ3v) is 7.46. The first-order valence-electron chi connectivity index (χ1n) is 10.5. The highest BCUT2D eigenvalue weighted by atomic mass is 32.3. The number of pyridine rings is 1. The lowest BCUT2D eigenvalue weighted by Gasteiger charge is -2.54. The maximum absolute atomic E-state index is 12.9. The van der Waals surface area contributed by atoms with E-state index in [0.717, 1.165) is 0 Å². The average Bonchev–Trinajstić information content (AvgIpc) is 3.02. The Morgan fingerprint density at radius 2 is 2.03 bits per heavy atom. The van der Waals surface area contributed by atoms with Gasteiger partial charge in [-0.1, -0.05) is 6.07 Å². The van der Waals surface area contributed by atoms with Crippen LogP contribution in [-0.4, -0.2) is 64.1 Å². The number of fused-ring (bicyclic) bond motifs is 1. The average molecular weight is 497 g/mol. The molecule has 4 rings (SSSR count). The van der Waals surface area contributed by atoms with Crippen molar-refractivity contribution in [2.45, 2.75) is 44.9 Å². The Balaban J connectivity index is 1.72. The lowest BCUT2D eigenvalue weighted by molar-refractivity contribution is -0.0498. The Labute approximate surface area is 196 Å². The van der Waals surface area contributed by atoms with E-state index in [4.69, 9.17) is 0 Å². The van der Waals surface area contributed by atoms with Gasteiger partial charge in [-0.05, 0) is 39.0 Å². The number of aliphatic hydroxyl groups is 1. The van der Waals surface area contributed by atoms with E-state index in [9.17, 15) is 27.8 Å². The van der Waals surface area contributed by atoms with Gasteiger partial charge in [-0.15, -0.1) is 0 Å². The molecule has 0 saturated carbocycles. The van der Waals surface area contributed by atoms with E-state index in [1.807, 2.05) is 0 Å². The number of nitrogens with zero attached hydrogens (tertiary/aromatic N) is 3. The SMILES string of the molecule is CC(C)(O)Cc1nn(-c2cccc(OC(F)F)c2)c2ncc(C(=O)NC3(C)CS(O)(O)C3)cc12. The molecule has 2 aromatic heterocycles. The molecule has 0 spiro atoms. The maximum Gasteiger partial charge on any atom is 0.387 e. The number of benzene rings is 1. The van der Waals surface area contributed by atoms with Crippen molar-refractivity contribution in [1.29, 1.82) is 0 Å². The molecule has 0 bridgehead atoms. The fraction of sp³-hybridized carbons (Fsp3) is 0.409. The molecule has 1 aliphatic heterocycles. The number of alkyl halides is 2. The summed E-state index contributed by atoms with van der Waals surface area (Å²) < 4.78 is 50.6. The normalized spacial score (nSPS) is 17.9. The smallest absolute Gasteiger partial charge is 0.387 e. The van der Waals surface area contributed by atoms with Gasteiger partial charge >= 0.3 is 6.61 Å². The summed E-state index contributed by atoms with van der Waals surface area (Å²) in [5, 5.41) is 18.3. The highest BCUT2D eigenvalue weighted by molar-refractivity contribution is 8.25. The highest BCUT2D eigenvalue weighted by Gasteiger charge is 2.45. The predicted molar refractivity (Wildman–Crippen MR) is 124 cm³/mol. The number of rotatable bonds is 7. The predicted octanol–water partition coefficient (Wildman–Crippen LogP) is 3.59. The summed E-state index contributed by atoms with van der Waals surface area (Å²) in [5.74, 6) is -0.308. The van der Waals surface area contributed by atoms with Crippen LogP contribution in [0.25, 0.3) is 16.7 Å². The first kappa shape index (κ1) is 24.3. The van der Waals surface area contributed by atoms with Gasteiger partial charge in [0, 0.05) is 24.1 Å². The number of amides is 1. The van der Waals surface area contributed by atoms with Crippen LogP contribution in [0.3, 0.4) is 0 Å². The Morgan fingerprint density at radius 1 is 1.32 bits per heavy atom. The Kier molecular flexibility index (Phi) is 6.05. The largest absolute Gasteiger partial charge is 0.435 e. The molecule has 34 heavy (non-hydrogen) atoms. The second-order valence-electron chi connectivity index (χ2n) is 9.42. The third-order valence-electron chi connectivity index (χ3n) is 5.26. The minimum atomic E-state index is -2.98. The molecular weight excluding hydrogens is 470 g/mol. The summed E-state index contributed by atoms with van der Waals surface area (Å²) in [5.41, 5.74) is -0.345. The zero-order valence-electron chi connectivity index (χ0n) is 18.8. The second kappa shape index (κ2) is 8.45. The number of hydrogen-bond donors (Lipinski definition) is 4. The van der Waals surface area contributed by atoms with Crippen LogP contribution in [-0.2, 0) is 6.42 Å². The summed E-state index contributed by atoms with van der Waals surface area (Å²) in [6, 6.07) is 7.58. The minimum Gasteiger partial charge on any atom is -0.435 e. The number of ether oxygens (including phenoxy) is 1. The van der Waals surface area contributed by atoms with Crippen LogP contribution in [0.4, 0.5) is 8.78 Å². The van der Waals surface area contributed by atoms with Gasteiger partial charge in [-0.2, -0.15) is 24.5 Å². The van der Waals surface area contributed by atoms with Gasteiger partial charge < -0.3 is 15.2 Å². The van der Waals surface area contributed by atoms with Crippen LogP contribution >= 0.6 is 10.6 Å². The highest BCUT2D eigenvalue weighted by Crippen LogP contribution is 2.53. The Bertz CT molecular complexity index is 1230. The van der Waals surface area contributed by atoms with E-state index >= 15 is 0 Å². The first-order valence-corrected chi connectivity index (χ1v) is 12.3. The Hall–Kier alpha value is -2.80. The molecule has 184 valence electrons. The standard InChI is InChI=1S/C22H26F2N4O5S/c1-21(2,30)9-17-16-7-13(19(29)26-22(3)11-34(31,32)12-22)10-25-18(16)28(27-17)14-5-4-6-15(8-14)33-20(23)24/h4-8,10,20,30-32H,9,11-12H2,1-3H3,(H,26,29). The molecule has 1 aliphatic rings. The van der Waals surface area contributed by atoms with E-state index in [-0.39, 0.29) is 29.2 Å². The van der Waals surface area contributed by atoms with Crippen LogP contribution in [0.2, 0.25) is 0 Å². The summed E-state index contributed by atoms with van der Waals surface area (Å²) in [6.07, 6.45) is 1.51. The Morgan fingerprint density at radius 3 is 2.65 bits per heavy atom. The van der Waals surface area contributed by atoms with E-state index in [2.05, 4.69) is 20.1 Å². The molecule has 0 radical (unpaired) electrons. The molecule has 1 saturated heterocycles. The number of aromatic nitrogens is 3. The van der Waals surface area contributed by atoms with Gasteiger partial charge in [-0.3, -0.25) is 13.9 Å². The van der Waals surface area contributed by atoms with Gasteiger partial charge in [0.25, 0.3) is 5.91 Å². The topological polar surface area (TPSA) is 130 Å². The number of nitrogens with one attached hydrogen (secondary N) is 1. The van der Waals surface area contributed by atoms with Crippen molar-refractivity contribution in [3.63, 3.8) is 0 Å². The first-order chi connectivity index (χ1) is 15.7. The third kappa shape index (κ3) is 5.30. The molecule has 0 aliphatic carbocycles. The number of carbonyl (C=O) groups excluding carboxylic acids is 1. The van der Waals surface area contributed by atoms with Crippen LogP contribution in [0.15, 0.2) is 36.5 Å². The minimum absolute atomic E-state index is 0.0455. The lowest BCUT2D eigenvalue weighted by Crippen LogP contribution is -2.61. The van der Waals surface area contributed by atoms with Gasteiger partial charge in [0.05, 0.1) is 39.6 Å². The van der Waals surface area contributed by atoms with Crippen molar-refractivity contribution in [3.05, 3.63) is 47.8 Å². The van der Waals surface area contributed by atoms with Crippen molar-refractivity contribution < 1.29 is 32.5 Å². The van der Waals surface area contributed by atoms with Gasteiger partial charge in [0.2, 0.25) is 0 Å². The van der Waals surface area contributed by atoms with Crippen LogP contribution in [0, 0.1) is 0 Å². The van der Waals surface area contributed by atoms with E-state index in [0.29, 0.717) is 22.4 Å². The maximum atomic E-state index is 12.9. The summed E-state index contributed by atoms with van der Waals surface area (Å²) in [4.78, 5) is 17.3. The molecule has 0 unspecified atom stereocenters. The van der Waals surface area contributed by atoms with Gasteiger partial charge in [0.15, 0.2) is 5.65 Å².